The summed E-state index contributed by atoms with van der Waals surface area (Å²) in [5.41, 5.74) is 4.01. The molecular formula is C14H22ClN5O3S2. The summed E-state index contributed by atoms with van der Waals surface area (Å²) in [6.45, 7) is 4.25. The average molecular weight is 408 g/mol. The number of nitrogens with zero attached hydrogens (tertiary/aromatic N) is 3. The molecule has 1 aliphatic rings. The summed E-state index contributed by atoms with van der Waals surface area (Å²) in [7, 11) is -1.39. The van der Waals surface area contributed by atoms with Gasteiger partial charge in [0.05, 0.1) is 41.6 Å². The van der Waals surface area contributed by atoms with Gasteiger partial charge in [-0.2, -0.15) is 10.2 Å². The van der Waals surface area contributed by atoms with Crippen LogP contribution in [0.3, 0.4) is 0 Å². The van der Waals surface area contributed by atoms with Crippen LogP contribution in [0.15, 0.2) is 5.10 Å². The minimum Gasteiger partial charge on any atom is -0.383 e. The van der Waals surface area contributed by atoms with E-state index in [4.69, 9.17) is 28.6 Å². The lowest BCUT2D eigenvalue weighted by Crippen LogP contribution is -2.40. The van der Waals surface area contributed by atoms with E-state index in [1.807, 2.05) is 6.92 Å². The van der Waals surface area contributed by atoms with Crippen molar-refractivity contribution in [2.45, 2.75) is 32.4 Å². The predicted molar refractivity (Wildman–Crippen MR) is 102 cm³/mol. The lowest BCUT2D eigenvalue weighted by Gasteiger charge is -2.13. The highest BCUT2D eigenvalue weighted by atomic mass is 35.5. The minimum atomic E-state index is -3.01. The van der Waals surface area contributed by atoms with E-state index in [2.05, 4.69) is 20.9 Å². The van der Waals surface area contributed by atoms with Crippen molar-refractivity contribution in [3.8, 4) is 0 Å². The number of thiocarbonyl (C=S) groups is 1. The van der Waals surface area contributed by atoms with Crippen LogP contribution >= 0.6 is 23.8 Å². The number of hydrogen-bond acceptors (Lipinski definition) is 6. The first kappa shape index (κ1) is 20.1. The van der Waals surface area contributed by atoms with E-state index >= 15 is 0 Å². The number of rotatable bonds is 6. The van der Waals surface area contributed by atoms with Gasteiger partial charge in [-0.05, 0) is 32.5 Å². The SMILES string of the molecule is COC[C@@H](C)NC(=S)N/N=C\c1c(C)nn([C@H]2CCS(=O)(=O)C2)c1Cl. The van der Waals surface area contributed by atoms with Gasteiger partial charge in [0.25, 0.3) is 0 Å². The van der Waals surface area contributed by atoms with Crippen molar-refractivity contribution >= 4 is 45.0 Å². The summed E-state index contributed by atoms with van der Waals surface area (Å²) in [6.07, 6.45) is 2.04. The van der Waals surface area contributed by atoms with Gasteiger partial charge in [-0.1, -0.05) is 11.6 Å². The van der Waals surface area contributed by atoms with Crippen LogP contribution in [-0.2, 0) is 14.6 Å². The largest absolute Gasteiger partial charge is 0.383 e. The molecule has 1 fully saturated rings. The van der Waals surface area contributed by atoms with Crippen LogP contribution in [0.4, 0.5) is 0 Å². The summed E-state index contributed by atoms with van der Waals surface area (Å²) < 4.78 is 29.9. The van der Waals surface area contributed by atoms with E-state index < -0.39 is 9.84 Å². The molecule has 1 saturated heterocycles. The third-order valence-electron chi connectivity index (χ3n) is 3.78. The van der Waals surface area contributed by atoms with Crippen molar-refractivity contribution in [3.05, 3.63) is 16.4 Å². The highest BCUT2D eigenvalue weighted by Gasteiger charge is 2.31. The Kier molecular flexibility index (Phi) is 6.78. The third kappa shape index (κ3) is 5.37. The van der Waals surface area contributed by atoms with Crippen LogP contribution < -0.4 is 10.7 Å². The first-order chi connectivity index (χ1) is 11.7. The molecule has 1 aliphatic heterocycles. The smallest absolute Gasteiger partial charge is 0.187 e. The Labute approximate surface area is 157 Å². The van der Waals surface area contributed by atoms with Crippen LogP contribution in [0.5, 0.6) is 0 Å². The Morgan fingerprint density at radius 1 is 1.64 bits per heavy atom. The predicted octanol–water partition coefficient (Wildman–Crippen LogP) is 1.04. The third-order valence-corrected chi connectivity index (χ3v) is 6.12. The summed E-state index contributed by atoms with van der Waals surface area (Å²) >= 11 is 11.5. The Morgan fingerprint density at radius 2 is 2.36 bits per heavy atom. The maximum atomic E-state index is 11.6. The van der Waals surface area contributed by atoms with Gasteiger partial charge in [-0.3, -0.25) is 5.43 Å². The highest BCUT2D eigenvalue weighted by Crippen LogP contribution is 2.29. The quantitative estimate of drug-likeness (QED) is 0.413. The first-order valence-corrected chi connectivity index (χ1v) is 10.4. The standard InChI is InChI=1S/C14H22ClN5O3S2/c1-9(7-23-3)17-14(24)18-16-6-12-10(2)19-20(13(12)15)11-4-5-25(21,22)8-11/h6,9,11H,4-5,7-8H2,1-3H3,(H2,17,18,24)/b16-6-/t9-,11+/m1/s1. The monoisotopic (exact) mass is 407 g/mol. The maximum absolute atomic E-state index is 11.6. The van der Waals surface area contributed by atoms with Gasteiger partial charge in [0, 0.05) is 13.2 Å². The molecule has 0 bridgehead atoms. The second-order valence-corrected chi connectivity index (χ2v) is 8.99. The van der Waals surface area contributed by atoms with Crippen molar-refractivity contribution in [3.63, 3.8) is 0 Å². The zero-order valence-electron chi connectivity index (χ0n) is 14.3. The molecule has 0 aliphatic carbocycles. The average Bonchev–Trinajstić information content (AvgIpc) is 3.00. The number of aromatic nitrogens is 2. The number of hydrogen-bond donors (Lipinski definition) is 2. The zero-order valence-corrected chi connectivity index (χ0v) is 16.7. The van der Waals surface area contributed by atoms with Crippen LogP contribution in [0.25, 0.3) is 0 Å². The van der Waals surface area contributed by atoms with Gasteiger partial charge in [0.1, 0.15) is 5.15 Å². The van der Waals surface area contributed by atoms with E-state index in [1.165, 1.54) is 6.21 Å². The first-order valence-electron chi connectivity index (χ1n) is 7.77. The highest BCUT2D eigenvalue weighted by molar-refractivity contribution is 7.91. The lowest BCUT2D eigenvalue weighted by atomic mass is 10.2. The summed E-state index contributed by atoms with van der Waals surface area (Å²) in [6, 6.07) is -0.179. The molecule has 140 valence electrons. The number of aryl methyl sites for hydroxylation is 1. The van der Waals surface area contributed by atoms with E-state index in [9.17, 15) is 8.42 Å². The van der Waals surface area contributed by atoms with E-state index in [1.54, 1.807) is 18.7 Å². The summed E-state index contributed by atoms with van der Waals surface area (Å²) in [4.78, 5) is 0. The molecule has 2 N–H and O–H groups in total. The lowest BCUT2D eigenvalue weighted by molar-refractivity contribution is 0.179. The Bertz CT molecular complexity index is 763. The second kappa shape index (κ2) is 8.43. The molecule has 0 amide bonds. The van der Waals surface area contributed by atoms with Crippen molar-refractivity contribution < 1.29 is 13.2 Å². The maximum Gasteiger partial charge on any atom is 0.187 e. The molecule has 1 aromatic heterocycles. The van der Waals surface area contributed by atoms with Gasteiger partial charge < -0.3 is 10.1 Å². The molecule has 0 radical (unpaired) electrons. The van der Waals surface area contributed by atoms with Gasteiger partial charge in [0.2, 0.25) is 0 Å². The minimum absolute atomic E-state index is 0.0533. The fourth-order valence-corrected chi connectivity index (χ4v) is 4.90. The molecule has 11 heteroatoms. The number of hydrazone groups is 1. The van der Waals surface area contributed by atoms with E-state index in [-0.39, 0.29) is 23.6 Å². The fraction of sp³-hybridized carbons (Fsp3) is 0.643. The molecule has 2 atom stereocenters. The van der Waals surface area contributed by atoms with Gasteiger partial charge in [-0.25, -0.2) is 13.1 Å². The van der Waals surface area contributed by atoms with Crippen LogP contribution in [0.1, 0.15) is 30.6 Å². The molecule has 8 nitrogen and oxygen atoms in total. The van der Waals surface area contributed by atoms with Crippen LogP contribution in [0.2, 0.25) is 5.15 Å². The Morgan fingerprint density at radius 3 is 2.96 bits per heavy atom. The number of ether oxygens (including phenoxy) is 1. The van der Waals surface area contributed by atoms with Gasteiger partial charge in [0.15, 0.2) is 14.9 Å². The molecule has 0 saturated carbocycles. The normalized spacial score (nSPS) is 20.7. The zero-order chi connectivity index (χ0) is 18.6. The second-order valence-electron chi connectivity index (χ2n) is 5.99. The van der Waals surface area contributed by atoms with E-state index in [0.717, 1.165) is 0 Å². The summed E-state index contributed by atoms with van der Waals surface area (Å²) in [5.74, 6) is 0.228. The van der Waals surface area contributed by atoms with E-state index in [0.29, 0.717) is 34.6 Å². The van der Waals surface area contributed by atoms with Gasteiger partial charge in [-0.15, -0.1) is 0 Å². The molecule has 1 aromatic rings. The number of methoxy groups -OCH3 is 1. The van der Waals surface area contributed by atoms with Gasteiger partial charge >= 0.3 is 0 Å². The molecular weight excluding hydrogens is 386 g/mol. The van der Waals surface area contributed by atoms with Crippen LogP contribution in [0, 0.1) is 6.92 Å². The van der Waals surface area contributed by atoms with Crippen molar-refractivity contribution in [2.75, 3.05) is 25.2 Å². The topological polar surface area (TPSA) is 97.6 Å². The summed E-state index contributed by atoms with van der Waals surface area (Å²) in [5, 5.41) is 12.2. The molecule has 25 heavy (non-hydrogen) atoms. The van der Waals surface area contributed by atoms with Crippen molar-refractivity contribution in [1.82, 2.24) is 20.5 Å². The van der Waals surface area contributed by atoms with Crippen molar-refractivity contribution in [2.24, 2.45) is 5.10 Å². The van der Waals surface area contributed by atoms with Crippen molar-refractivity contribution in [1.29, 1.82) is 0 Å². The Balaban J connectivity index is 2.02. The molecule has 0 unspecified atom stereocenters. The van der Waals surface area contributed by atoms with Crippen LogP contribution in [-0.4, -0.2) is 60.8 Å². The number of sulfone groups is 1. The Hall–Kier alpha value is -1.23. The molecule has 0 spiro atoms. The molecule has 2 heterocycles. The molecule has 0 aromatic carbocycles. The molecule has 2 rings (SSSR count). The number of nitrogens with one attached hydrogen (secondary N) is 2. The fourth-order valence-electron chi connectivity index (χ4n) is 2.59. The number of halogens is 1.